The van der Waals surface area contributed by atoms with Gasteiger partial charge in [-0.3, -0.25) is 4.79 Å². The summed E-state index contributed by atoms with van der Waals surface area (Å²) in [6.07, 6.45) is 0. The molecule has 0 saturated heterocycles. The summed E-state index contributed by atoms with van der Waals surface area (Å²) in [5, 5.41) is 4.09. The second kappa shape index (κ2) is 6.56. The van der Waals surface area contributed by atoms with Crippen LogP contribution in [-0.4, -0.2) is 13.0 Å². The van der Waals surface area contributed by atoms with Crippen molar-refractivity contribution in [3.05, 3.63) is 63.7 Å². The van der Waals surface area contributed by atoms with Crippen LogP contribution in [0.15, 0.2) is 42.5 Å². The van der Waals surface area contributed by atoms with Crippen molar-refractivity contribution in [2.45, 2.75) is 6.54 Å². The van der Waals surface area contributed by atoms with E-state index >= 15 is 0 Å². The fraction of sp³-hybridized carbons (Fsp3) is 0.118. The van der Waals surface area contributed by atoms with Crippen molar-refractivity contribution in [2.24, 2.45) is 0 Å². The molecule has 0 unspecified atom stereocenters. The van der Waals surface area contributed by atoms with Crippen molar-refractivity contribution in [2.75, 3.05) is 7.11 Å². The van der Waals surface area contributed by atoms with E-state index in [-0.39, 0.29) is 18.3 Å². The minimum atomic E-state index is -0.345. The van der Waals surface area contributed by atoms with E-state index < -0.39 is 0 Å². The molecule has 1 amide bonds. The number of methoxy groups -OCH3 is 1. The maximum Gasteiger partial charge on any atom is 0.265 e. The minimum absolute atomic E-state index is 0.115. The molecule has 23 heavy (non-hydrogen) atoms. The average molecular weight is 350 g/mol. The zero-order valence-corrected chi connectivity index (χ0v) is 13.8. The molecular weight excluding hydrogens is 337 g/mol. The number of hydrogen-bond donors (Lipinski definition) is 1. The third kappa shape index (κ3) is 3.16. The van der Waals surface area contributed by atoms with Crippen LogP contribution in [0.4, 0.5) is 4.39 Å². The second-order valence-corrected chi connectivity index (χ2v) is 6.37. The Morgan fingerprint density at radius 3 is 2.83 bits per heavy atom. The van der Waals surface area contributed by atoms with Gasteiger partial charge < -0.3 is 10.1 Å². The van der Waals surface area contributed by atoms with Gasteiger partial charge in [0.2, 0.25) is 0 Å². The minimum Gasteiger partial charge on any atom is -0.494 e. The van der Waals surface area contributed by atoms with E-state index in [9.17, 15) is 9.18 Å². The molecule has 1 aromatic heterocycles. The summed E-state index contributed by atoms with van der Waals surface area (Å²) in [5.41, 5.74) is 0.434. The SMILES string of the molecule is COc1c(C(=O)NCc2ccccc2F)sc2ccc(Cl)cc12. The molecule has 1 heterocycles. The van der Waals surface area contributed by atoms with Gasteiger partial charge >= 0.3 is 0 Å². The van der Waals surface area contributed by atoms with E-state index in [2.05, 4.69) is 5.32 Å². The Balaban J connectivity index is 1.87. The van der Waals surface area contributed by atoms with Crippen LogP contribution < -0.4 is 10.1 Å². The smallest absolute Gasteiger partial charge is 0.265 e. The van der Waals surface area contributed by atoms with Crippen molar-refractivity contribution < 1.29 is 13.9 Å². The molecule has 0 saturated carbocycles. The third-order valence-corrected chi connectivity index (χ3v) is 4.80. The first kappa shape index (κ1) is 15.8. The van der Waals surface area contributed by atoms with Crippen LogP contribution in [0.2, 0.25) is 5.02 Å². The number of fused-ring (bicyclic) bond motifs is 1. The maximum atomic E-state index is 13.6. The molecule has 2 aromatic carbocycles. The average Bonchev–Trinajstić information content (AvgIpc) is 2.91. The molecule has 0 aliphatic carbocycles. The summed E-state index contributed by atoms with van der Waals surface area (Å²) in [4.78, 5) is 12.9. The number of ether oxygens (including phenoxy) is 1. The summed E-state index contributed by atoms with van der Waals surface area (Å²) < 4.78 is 19.9. The maximum absolute atomic E-state index is 13.6. The van der Waals surface area contributed by atoms with E-state index in [1.165, 1.54) is 24.5 Å². The van der Waals surface area contributed by atoms with Crippen LogP contribution in [0.5, 0.6) is 5.75 Å². The first-order valence-electron chi connectivity index (χ1n) is 6.88. The van der Waals surface area contributed by atoms with Crippen LogP contribution in [-0.2, 0) is 6.54 Å². The van der Waals surface area contributed by atoms with Crippen LogP contribution in [0.25, 0.3) is 10.1 Å². The monoisotopic (exact) mass is 349 g/mol. The van der Waals surface area contributed by atoms with Crippen molar-refractivity contribution in [3.8, 4) is 5.75 Å². The van der Waals surface area contributed by atoms with Gasteiger partial charge in [-0.2, -0.15) is 0 Å². The van der Waals surface area contributed by atoms with Gasteiger partial charge in [-0.25, -0.2) is 4.39 Å². The Hall–Kier alpha value is -2.11. The Morgan fingerprint density at radius 1 is 1.30 bits per heavy atom. The van der Waals surface area contributed by atoms with Crippen molar-refractivity contribution in [1.29, 1.82) is 0 Å². The van der Waals surface area contributed by atoms with E-state index in [1.54, 1.807) is 30.3 Å². The first-order valence-corrected chi connectivity index (χ1v) is 8.07. The summed E-state index contributed by atoms with van der Waals surface area (Å²) in [6.45, 7) is 0.115. The number of halogens is 2. The zero-order chi connectivity index (χ0) is 16.4. The van der Waals surface area contributed by atoms with Crippen LogP contribution >= 0.6 is 22.9 Å². The molecule has 0 aliphatic heterocycles. The van der Waals surface area contributed by atoms with Crippen LogP contribution in [0, 0.1) is 5.82 Å². The number of benzene rings is 2. The van der Waals surface area contributed by atoms with Gasteiger partial charge in [0.1, 0.15) is 16.4 Å². The van der Waals surface area contributed by atoms with Gasteiger partial charge in [0, 0.05) is 27.2 Å². The molecule has 3 rings (SSSR count). The molecule has 0 bridgehead atoms. The number of thiophene rings is 1. The standard InChI is InChI=1S/C17H13ClFNO2S/c1-22-15-12-8-11(18)6-7-14(12)23-16(15)17(21)20-9-10-4-2-3-5-13(10)19/h2-8H,9H2,1H3,(H,20,21). The molecule has 118 valence electrons. The highest BCUT2D eigenvalue weighted by Crippen LogP contribution is 2.38. The molecule has 0 fully saturated rings. The van der Waals surface area contributed by atoms with Crippen molar-refractivity contribution >= 4 is 38.9 Å². The molecule has 0 radical (unpaired) electrons. The lowest BCUT2D eigenvalue weighted by Gasteiger charge is -2.06. The van der Waals surface area contributed by atoms with E-state index in [1.807, 2.05) is 6.07 Å². The largest absolute Gasteiger partial charge is 0.494 e. The Kier molecular flexibility index (Phi) is 4.50. The fourth-order valence-corrected chi connectivity index (χ4v) is 3.54. The van der Waals surface area contributed by atoms with Crippen molar-refractivity contribution in [1.82, 2.24) is 5.32 Å². The van der Waals surface area contributed by atoms with Gasteiger partial charge in [-0.1, -0.05) is 29.8 Å². The highest BCUT2D eigenvalue weighted by atomic mass is 35.5. The van der Waals surface area contributed by atoms with Crippen molar-refractivity contribution in [3.63, 3.8) is 0 Å². The molecule has 3 aromatic rings. The lowest BCUT2D eigenvalue weighted by molar-refractivity contribution is 0.0952. The van der Waals surface area contributed by atoms with Gasteiger partial charge in [0.05, 0.1) is 7.11 Å². The zero-order valence-electron chi connectivity index (χ0n) is 12.2. The second-order valence-electron chi connectivity index (χ2n) is 4.88. The number of carbonyl (C=O) groups is 1. The molecule has 0 aliphatic rings. The molecule has 0 atom stereocenters. The van der Waals surface area contributed by atoms with Crippen LogP contribution in [0.1, 0.15) is 15.2 Å². The topological polar surface area (TPSA) is 38.3 Å². The number of hydrogen-bond acceptors (Lipinski definition) is 3. The van der Waals surface area contributed by atoms with Gasteiger partial charge in [0.25, 0.3) is 5.91 Å². The van der Waals surface area contributed by atoms with Gasteiger partial charge in [0.15, 0.2) is 0 Å². The number of rotatable bonds is 4. The summed E-state index contributed by atoms with van der Waals surface area (Å²) in [5.74, 6) is -0.163. The van der Waals surface area contributed by atoms with E-state index in [0.29, 0.717) is 21.2 Å². The molecule has 1 N–H and O–H groups in total. The molecule has 6 heteroatoms. The van der Waals surface area contributed by atoms with Crippen LogP contribution in [0.3, 0.4) is 0 Å². The summed E-state index contributed by atoms with van der Waals surface area (Å²) in [6, 6.07) is 11.7. The molecule has 0 spiro atoms. The highest BCUT2D eigenvalue weighted by Gasteiger charge is 2.19. The molecule has 3 nitrogen and oxygen atoms in total. The number of carbonyl (C=O) groups excluding carboxylic acids is 1. The Morgan fingerprint density at radius 2 is 2.09 bits per heavy atom. The predicted molar refractivity (Wildman–Crippen MR) is 91.0 cm³/mol. The van der Waals surface area contributed by atoms with E-state index in [4.69, 9.17) is 16.3 Å². The summed E-state index contributed by atoms with van der Waals surface area (Å²) in [7, 11) is 1.51. The Labute approximate surface area is 141 Å². The number of amides is 1. The number of nitrogens with one attached hydrogen (secondary N) is 1. The fourth-order valence-electron chi connectivity index (χ4n) is 2.30. The lowest BCUT2D eigenvalue weighted by atomic mass is 10.2. The van der Waals surface area contributed by atoms with Gasteiger partial charge in [-0.05, 0) is 24.3 Å². The third-order valence-electron chi connectivity index (χ3n) is 3.41. The Bertz CT molecular complexity index is 878. The molecular formula is C17H13ClFNO2S. The lowest BCUT2D eigenvalue weighted by Crippen LogP contribution is -2.22. The van der Waals surface area contributed by atoms with E-state index in [0.717, 1.165) is 10.1 Å². The first-order chi connectivity index (χ1) is 11.1. The quantitative estimate of drug-likeness (QED) is 0.745. The highest BCUT2D eigenvalue weighted by molar-refractivity contribution is 7.21. The van der Waals surface area contributed by atoms with Gasteiger partial charge in [-0.15, -0.1) is 11.3 Å². The predicted octanol–water partition coefficient (Wildman–Crippen LogP) is 4.63. The summed E-state index contributed by atoms with van der Waals surface area (Å²) >= 11 is 7.32. The normalized spacial score (nSPS) is 10.7.